The summed E-state index contributed by atoms with van der Waals surface area (Å²) in [6.45, 7) is 5.49. The van der Waals surface area contributed by atoms with Crippen LogP contribution in [0.2, 0.25) is 0 Å². The van der Waals surface area contributed by atoms with Crippen molar-refractivity contribution in [1.82, 2.24) is 15.3 Å². The molecule has 2 N–H and O–H groups in total. The number of nitro groups is 2. The molecule has 12 heteroatoms. The maximum Gasteiger partial charge on any atom is 0.277 e. The molecule has 1 aromatic heterocycles. The second-order valence-electron chi connectivity index (χ2n) is 7.78. The molecule has 0 saturated carbocycles. The third-order valence-electron chi connectivity index (χ3n) is 5.03. The van der Waals surface area contributed by atoms with Crippen molar-refractivity contribution in [3.63, 3.8) is 0 Å². The number of para-hydroxylation sites is 1. The molecule has 3 rings (SSSR count). The quantitative estimate of drug-likeness (QED) is 0.294. The Hall–Kier alpha value is -4.61. The van der Waals surface area contributed by atoms with Gasteiger partial charge in [0, 0.05) is 40.8 Å². The number of nitro benzene ring substituents is 2. The van der Waals surface area contributed by atoms with Gasteiger partial charge < -0.3 is 9.88 Å². The van der Waals surface area contributed by atoms with Gasteiger partial charge in [-0.1, -0.05) is 18.2 Å². The summed E-state index contributed by atoms with van der Waals surface area (Å²) < 4.78 is 2.08. The Labute approximate surface area is 193 Å². The van der Waals surface area contributed by atoms with Crippen LogP contribution in [-0.2, 0) is 4.79 Å². The fourth-order valence-electron chi connectivity index (χ4n) is 3.31. The molecular weight excluding hydrogens is 444 g/mol. The molecule has 3 aromatic rings. The number of nitrogens with zero attached hydrogens (tertiary/aromatic N) is 4. The lowest BCUT2D eigenvalue weighted by Crippen LogP contribution is -2.43. The number of non-ortho nitro benzene ring substituents is 2. The maximum absolute atomic E-state index is 12.4. The van der Waals surface area contributed by atoms with Crippen LogP contribution in [-0.4, -0.2) is 38.5 Å². The van der Waals surface area contributed by atoms with Crippen LogP contribution < -0.4 is 10.7 Å². The first-order valence-electron chi connectivity index (χ1n) is 10.3. The zero-order chi connectivity index (χ0) is 25.0. The molecule has 0 saturated heterocycles. The van der Waals surface area contributed by atoms with Crippen molar-refractivity contribution in [2.24, 2.45) is 5.10 Å². The summed E-state index contributed by atoms with van der Waals surface area (Å²) in [4.78, 5) is 45.1. The summed E-state index contributed by atoms with van der Waals surface area (Å²) in [6.07, 6.45) is 3.42. The third-order valence-corrected chi connectivity index (χ3v) is 5.03. The van der Waals surface area contributed by atoms with Crippen molar-refractivity contribution >= 4 is 40.3 Å². The van der Waals surface area contributed by atoms with E-state index in [-0.39, 0.29) is 11.6 Å². The number of benzene rings is 2. The predicted octanol–water partition coefficient (Wildman–Crippen LogP) is 3.31. The van der Waals surface area contributed by atoms with Crippen molar-refractivity contribution in [1.29, 1.82) is 0 Å². The van der Waals surface area contributed by atoms with E-state index in [0.29, 0.717) is 0 Å². The van der Waals surface area contributed by atoms with Crippen LogP contribution in [0.3, 0.4) is 0 Å². The van der Waals surface area contributed by atoms with Gasteiger partial charge in [0.2, 0.25) is 0 Å². The Kier molecular flexibility index (Phi) is 7.00. The van der Waals surface area contributed by atoms with Gasteiger partial charge >= 0.3 is 0 Å². The van der Waals surface area contributed by atoms with Crippen LogP contribution in [0.5, 0.6) is 0 Å². The lowest BCUT2D eigenvalue weighted by Gasteiger charge is -2.12. The Bertz CT molecular complexity index is 1280. The Morgan fingerprint density at radius 2 is 1.65 bits per heavy atom. The first kappa shape index (κ1) is 24.0. The minimum atomic E-state index is -1.07. The van der Waals surface area contributed by atoms with Crippen molar-refractivity contribution in [2.45, 2.75) is 32.9 Å². The van der Waals surface area contributed by atoms with Crippen molar-refractivity contribution in [3.8, 4) is 0 Å². The van der Waals surface area contributed by atoms with E-state index < -0.39 is 39.1 Å². The monoisotopic (exact) mass is 466 g/mol. The van der Waals surface area contributed by atoms with Crippen molar-refractivity contribution in [2.75, 3.05) is 0 Å². The van der Waals surface area contributed by atoms with Crippen molar-refractivity contribution in [3.05, 3.63) is 80.0 Å². The zero-order valence-corrected chi connectivity index (χ0v) is 18.6. The first-order chi connectivity index (χ1) is 16.1. The smallest absolute Gasteiger partial charge is 0.277 e. The highest BCUT2D eigenvalue weighted by Gasteiger charge is 2.22. The van der Waals surface area contributed by atoms with Crippen LogP contribution in [0.15, 0.2) is 53.8 Å². The van der Waals surface area contributed by atoms with Gasteiger partial charge in [-0.2, -0.15) is 5.10 Å². The minimum Gasteiger partial charge on any atom is -0.344 e. The molecule has 2 amide bonds. The van der Waals surface area contributed by atoms with Gasteiger partial charge in [-0.25, -0.2) is 5.43 Å². The largest absolute Gasteiger partial charge is 0.344 e. The molecule has 176 valence electrons. The number of hydrazone groups is 1. The minimum absolute atomic E-state index is 0.224. The molecule has 0 radical (unpaired) electrons. The standard InChI is InChI=1S/C22H22N6O6/c1-13(2)26-12-16(19-6-4-5-7-20(19)26)11-23-25-21(29)14(3)24-22(30)15-8-17(27(31)32)10-18(9-15)28(33)34/h4-14H,1-3H3,(H,24,30)(H,25,29)/b23-11-/t14-/m1/s1. The molecule has 0 aliphatic heterocycles. The van der Waals surface area contributed by atoms with E-state index in [2.05, 4.69) is 34.3 Å². The zero-order valence-electron chi connectivity index (χ0n) is 18.6. The highest BCUT2D eigenvalue weighted by Crippen LogP contribution is 2.24. The summed E-state index contributed by atoms with van der Waals surface area (Å²) in [5.74, 6) is -1.52. The fraction of sp³-hybridized carbons (Fsp3) is 0.227. The normalized spacial score (nSPS) is 12.1. The lowest BCUT2D eigenvalue weighted by atomic mass is 10.1. The number of hydrogen-bond donors (Lipinski definition) is 2. The number of hydrogen-bond acceptors (Lipinski definition) is 7. The number of fused-ring (bicyclic) bond motifs is 1. The number of carbonyl (C=O) groups excluding carboxylic acids is 2. The van der Waals surface area contributed by atoms with Crippen molar-refractivity contribution < 1.29 is 19.4 Å². The summed E-state index contributed by atoms with van der Waals surface area (Å²) in [6, 6.07) is 9.47. The molecule has 0 aliphatic rings. The molecule has 0 bridgehead atoms. The average molecular weight is 466 g/mol. The van der Waals surface area contributed by atoms with Gasteiger partial charge in [0.1, 0.15) is 6.04 Å². The molecule has 1 heterocycles. The molecule has 0 unspecified atom stereocenters. The van der Waals surface area contributed by atoms with E-state index >= 15 is 0 Å². The summed E-state index contributed by atoms with van der Waals surface area (Å²) in [5.41, 5.74) is 2.63. The molecule has 2 aromatic carbocycles. The van der Waals surface area contributed by atoms with E-state index in [1.165, 1.54) is 13.1 Å². The summed E-state index contributed by atoms with van der Waals surface area (Å²) in [7, 11) is 0. The van der Waals surface area contributed by atoms with Crippen LogP contribution in [0.25, 0.3) is 10.9 Å². The summed E-state index contributed by atoms with van der Waals surface area (Å²) >= 11 is 0. The van der Waals surface area contributed by atoms with Gasteiger partial charge in [0.25, 0.3) is 23.2 Å². The summed E-state index contributed by atoms with van der Waals surface area (Å²) in [5, 5.41) is 29.3. The maximum atomic E-state index is 12.4. The topological polar surface area (TPSA) is 162 Å². The Balaban J connectivity index is 1.70. The van der Waals surface area contributed by atoms with E-state index in [9.17, 15) is 29.8 Å². The SMILES string of the molecule is CC(C)n1cc(/C=N\NC(=O)[C@@H](C)NC(=O)c2cc([N+](=O)[O-])cc([N+](=O)[O-])c2)c2ccccc21. The molecular formula is C22H22N6O6. The second-order valence-corrected chi connectivity index (χ2v) is 7.78. The van der Waals surface area contributed by atoms with Gasteiger partial charge in [-0.3, -0.25) is 29.8 Å². The average Bonchev–Trinajstić information content (AvgIpc) is 3.17. The van der Waals surface area contributed by atoms with Gasteiger partial charge in [0.05, 0.1) is 27.7 Å². The Morgan fingerprint density at radius 1 is 1.03 bits per heavy atom. The number of amides is 2. The number of rotatable bonds is 8. The van der Waals surface area contributed by atoms with Gasteiger partial charge in [-0.15, -0.1) is 0 Å². The van der Waals surface area contributed by atoms with E-state index in [1.807, 2.05) is 30.5 Å². The van der Waals surface area contributed by atoms with E-state index in [4.69, 9.17) is 0 Å². The van der Waals surface area contributed by atoms with Gasteiger partial charge in [-0.05, 0) is 26.8 Å². The van der Waals surface area contributed by atoms with Crippen LogP contribution in [0, 0.1) is 20.2 Å². The number of aromatic nitrogens is 1. The number of nitrogens with one attached hydrogen (secondary N) is 2. The molecule has 1 atom stereocenters. The van der Waals surface area contributed by atoms with E-state index in [0.717, 1.165) is 34.7 Å². The Morgan fingerprint density at radius 3 is 2.24 bits per heavy atom. The number of carbonyl (C=O) groups is 2. The van der Waals surface area contributed by atoms with Crippen LogP contribution in [0.4, 0.5) is 11.4 Å². The first-order valence-corrected chi connectivity index (χ1v) is 10.3. The second kappa shape index (κ2) is 9.90. The van der Waals surface area contributed by atoms with E-state index in [1.54, 1.807) is 0 Å². The van der Waals surface area contributed by atoms with Crippen LogP contribution >= 0.6 is 0 Å². The van der Waals surface area contributed by atoms with Crippen LogP contribution in [0.1, 0.15) is 42.7 Å². The molecule has 0 aliphatic carbocycles. The molecule has 34 heavy (non-hydrogen) atoms. The fourth-order valence-corrected chi connectivity index (χ4v) is 3.31. The molecule has 0 fully saturated rings. The highest BCUT2D eigenvalue weighted by molar-refractivity contribution is 6.00. The molecule has 0 spiro atoms. The molecule has 12 nitrogen and oxygen atoms in total. The van der Waals surface area contributed by atoms with Gasteiger partial charge in [0.15, 0.2) is 0 Å². The highest BCUT2D eigenvalue weighted by atomic mass is 16.6. The predicted molar refractivity (Wildman–Crippen MR) is 125 cm³/mol. The third kappa shape index (κ3) is 5.23. The lowest BCUT2D eigenvalue weighted by molar-refractivity contribution is -0.394.